The number of anilines is 1. The first kappa shape index (κ1) is 24.8. The maximum absolute atomic E-state index is 13.4. The van der Waals surface area contributed by atoms with Crippen LogP contribution in [0.2, 0.25) is 5.02 Å². The third kappa shape index (κ3) is 5.27. The molecule has 1 fully saturated rings. The maximum atomic E-state index is 13.4. The van der Waals surface area contributed by atoms with Crippen molar-refractivity contribution in [1.82, 2.24) is 10.2 Å². The van der Waals surface area contributed by atoms with Crippen molar-refractivity contribution in [3.8, 4) is 16.2 Å². The van der Waals surface area contributed by atoms with E-state index in [2.05, 4.69) is 16.3 Å². The second-order valence-corrected chi connectivity index (χ2v) is 10.3. The van der Waals surface area contributed by atoms with Crippen molar-refractivity contribution in [2.75, 3.05) is 57.9 Å². The third-order valence-corrected chi connectivity index (χ3v) is 8.01. The number of hydrogen-bond acceptors (Lipinski definition) is 6. The molecule has 0 saturated carbocycles. The highest BCUT2D eigenvalue weighted by atomic mass is 35.5. The Kier molecular flexibility index (Phi) is 7.57. The summed E-state index contributed by atoms with van der Waals surface area (Å²) >= 11 is 7.52. The van der Waals surface area contributed by atoms with E-state index in [0.29, 0.717) is 35.1 Å². The zero-order valence-corrected chi connectivity index (χ0v) is 21.7. The Bertz CT molecular complexity index is 1250. The molecule has 0 aliphatic carbocycles. The molecule has 1 saturated heterocycles. The Balaban J connectivity index is 1.28. The van der Waals surface area contributed by atoms with Crippen LogP contribution in [0.3, 0.4) is 0 Å². The van der Waals surface area contributed by atoms with Crippen LogP contribution in [0.15, 0.2) is 48.5 Å². The topological polar surface area (TPSA) is 71.1 Å². The molecule has 3 aromatic rings. The zero-order chi connectivity index (χ0) is 25.1. The number of amides is 2. The molecule has 0 unspecified atom stereocenters. The molecule has 0 atom stereocenters. The molecule has 2 aliphatic rings. The van der Waals surface area contributed by atoms with E-state index in [4.69, 9.17) is 21.1 Å². The van der Waals surface area contributed by atoms with Gasteiger partial charge in [-0.3, -0.25) is 14.5 Å². The van der Waals surface area contributed by atoms with Gasteiger partial charge in [-0.25, -0.2) is 0 Å². The first-order valence-corrected chi connectivity index (χ1v) is 13.2. The van der Waals surface area contributed by atoms with E-state index in [1.165, 1.54) is 18.4 Å². The Labute approximate surface area is 219 Å². The second-order valence-electron chi connectivity index (χ2n) is 8.77. The quantitative estimate of drug-likeness (QED) is 0.497. The monoisotopic (exact) mass is 525 g/mol. The van der Waals surface area contributed by atoms with Gasteiger partial charge in [-0.15, -0.1) is 11.3 Å². The van der Waals surface area contributed by atoms with Gasteiger partial charge in [-0.2, -0.15) is 0 Å². The lowest BCUT2D eigenvalue weighted by Crippen LogP contribution is -2.41. The normalized spacial score (nSPS) is 16.1. The van der Waals surface area contributed by atoms with Crippen LogP contribution in [-0.4, -0.2) is 69.8 Å². The highest BCUT2D eigenvalue weighted by Gasteiger charge is 2.29. The van der Waals surface area contributed by atoms with Gasteiger partial charge in [0, 0.05) is 54.4 Å². The average molecular weight is 526 g/mol. The Morgan fingerprint density at radius 2 is 1.89 bits per heavy atom. The molecule has 0 radical (unpaired) electrons. The Hall–Kier alpha value is -2.91. The number of methoxy groups -OCH3 is 1. The van der Waals surface area contributed by atoms with Crippen LogP contribution in [0.25, 0.3) is 10.4 Å². The predicted molar refractivity (Wildman–Crippen MR) is 143 cm³/mol. The van der Waals surface area contributed by atoms with Crippen LogP contribution in [0.1, 0.15) is 25.6 Å². The van der Waals surface area contributed by atoms with E-state index < -0.39 is 0 Å². The molecular formula is C27H28ClN3O4S. The number of rotatable bonds is 7. The Morgan fingerprint density at radius 1 is 1.11 bits per heavy atom. The fourth-order valence-electron chi connectivity index (χ4n) is 4.54. The van der Waals surface area contributed by atoms with Gasteiger partial charge >= 0.3 is 0 Å². The van der Waals surface area contributed by atoms with Crippen LogP contribution >= 0.6 is 22.9 Å². The third-order valence-electron chi connectivity index (χ3n) is 6.54. The summed E-state index contributed by atoms with van der Waals surface area (Å²) in [6.45, 7) is 5.11. The van der Waals surface area contributed by atoms with Crippen LogP contribution in [0.5, 0.6) is 5.75 Å². The van der Waals surface area contributed by atoms with Crippen LogP contribution in [0, 0.1) is 0 Å². The molecule has 0 spiro atoms. The number of ether oxygens (including phenoxy) is 2. The molecule has 0 bridgehead atoms. The maximum Gasteiger partial charge on any atom is 0.268 e. The van der Waals surface area contributed by atoms with E-state index in [-0.39, 0.29) is 11.8 Å². The molecular weight excluding hydrogens is 498 g/mol. The largest absolute Gasteiger partial charge is 0.496 e. The molecule has 2 amide bonds. The number of carbonyl (C=O) groups is 2. The first-order valence-electron chi connectivity index (χ1n) is 12.0. The van der Waals surface area contributed by atoms with Crippen molar-refractivity contribution in [2.45, 2.75) is 6.42 Å². The van der Waals surface area contributed by atoms with Crippen molar-refractivity contribution in [3.05, 3.63) is 69.6 Å². The van der Waals surface area contributed by atoms with Gasteiger partial charge in [0.2, 0.25) is 0 Å². The number of carbonyl (C=O) groups excluding carboxylic acids is 2. The summed E-state index contributed by atoms with van der Waals surface area (Å²) in [6.07, 6.45) is 0.761. The fraction of sp³-hybridized carbons (Fsp3) is 0.333. The van der Waals surface area contributed by atoms with Gasteiger partial charge in [0.15, 0.2) is 0 Å². The van der Waals surface area contributed by atoms with Crippen LogP contribution < -0.4 is 15.0 Å². The summed E-state index contributed by atoms with van der Waals surface area (Å²) in [5.74, 6) is 0.221. The number of morpholine rings is 1. The van der Waals surface area contributed by atoms with Crippen molar-refractivity contribution in [3.63, 3.8) is 0 Å². The minimum absolute atomic E-state index is 0.0359. The lowest BCUT2D eigenvalue weighted by Gasteiger charge is -2.27. The number of benzene rings is 2. The van der Waals surface area contributed by atoms with E-state index in [1.54, 1.807) is 17.0 Å². The van der Waals surface area contributed by atoms with Crippen LogP contribution in [-0.2, 0) is 11.2 Å². The van der Waals surface area contributed by atoms with E-state index in [9.17, 15) is 9.59 Å². The van der Waals surface area contributed by atoms with Gasteiger partial charge in [-0.1, -0.05) is 23.7 Å². The molecule has 2 aromatic carbocycles. The number of halogens is 1. The van der Waals surface area contributed by atoms with Gasteiger partial charge in [0.25, 0.3) is 11.8 Å². The molecule has 3 heterocycles. The number of thiophene rings is 1. The predicted octanol–water partition coefficient (Wildman–Crippen LogP) is 4.34. The molecule has 36 heavy (non-hydrogen) atoms. The standard InChI is InChI=1S/C27H28ClN3O4S/c1-34-23-17-21(6-7-22(23)26(32)29-9-11-30-12-14-35-15-13-30)31-10-8-19-16-24(36-25(19)27(31)33)18-2-4-20(28)5-3-18/h2-7,16-17H,8-15H2,1H3,(H,29,32). The first-order chi connectivity index (χ1) is 17.5. The highest BCUT2D eigenvalue weighted by molar-refractivity contribution is 7.17. The SMILES string of the molecule is COc1cc(N2CCc3cc(-c4ccc(Cl)cc4)sc3C2=O)ccc1C(=O)NCCN1CCOCC1. The average Bonchev–Trinajstić information content (AvgIpc) is 3.35. The lowest BCUT2D eigenvalue weighted by molar-refractivity contribution is 0.0383. The molecule has 5 rings (SSSR count). The van der Waals surface area contributed by atoms with Crippen molar-refractivity contribution < 1.29 is 19.1 Å². The molecule has 1 N–H and O–H groups in total. The Morgan fingerprint density at radius 3 is 2.64 bits per heavy atom. The molecule has 2 aliphatic heterocycles. The number of nitrogens with one attached hydrogen (secondary N) is 1. The van der Waals surface area contributed by atoms with Crippen molar-refractivity contribution >= 4 is 40.4 Å². The molecule has 9 heteroatoms. The molecule has 7 nitrogen and oxygen atoms in total. The lowest BCUT2D eigenvalue weighted by atomic mass is 10.0. The zero-order valence-electron chi connectivity index (χ0n) is 20.1. The van der Waals surface area contributed by atoms with Crippen LogP contribution in [0.4, 0.5) is 5.69 Å². The molecule has 1 aromatic heterocycles. The summed E-state index contributed by atoms with van der Waals surface area (Å²) in [4.78, 5) is 32.0. The number of fused-ring (bicyclic) bond motifs is 1. The summed E-state index contributed by atoms with van der Waals surface area (Å²) in [7, 11) is 1.54. The van der Waals surface area contributed by atoms with E-state index >= 15 is 0 Å². The summed E-state index contributed by atoms with van der Waals surface area (Å²) in [6, 6.07) is 15.1. The minimum Gasteiger partial charge on any atom is -0.496 e. The van der Waals surface area contributed by atoms with Gasteiger partial charge in [-0.05, 0) is 47.9 Å². The van der Waals surface area contributed by atoms with E-state index in [0.717, 1.165) is 60.2 Å². The van der Waals surface area contributed by atoms with Crippen molar-refractivity contribution in [1.29, 1.82) is 0 Å². The smallest absolute Gasteiger partial charge is 0.268 e. The van der Waals surface area contributed by atoms with E-state index in [1.807, 2.05) is 30.3 Å². The summed E-state index contributed by atoms with van der Waals surface area (Å²) in [5, 5.41) is 3.66. The highest BCUT2D eigenvalue weighted by Crippen LogP contribution is 2.37. The van der Waals surface area contributed by atoms with Gasteiger partial charge in [0.1, 0.15) is 5.75 Å². The van der Waals surface area contributed by atoms with Crippen molar-refractivity contribution in [2.24, 2.45) is 0 Å². The minimum atomic E-state index is -0.190. The molecule has 188 valence electrons. The second kappa shape index (κ2) is 11.0. The summed E-state index contributed by atoms with van der Waals surface area (Å²) < 4.78 is 10.9. The number of hydrogen-bond donors (Lipinski definition) is 1. The summed E-state index contributed by atoms with van der Waals surface area (Å²) in [5.41, 5.74) is 3.28. The number of nitrogens with zero attached hydrogens (tertiary/aromatic N) is 2. The van der Waals surface area contributed by atoms with Gasteiger partial charge in [0.05, 0.1) is 30.8 Å². The van der Waals surface area contributed by atoms with Gasteiger partial charge < -0.3 is 19.7 Å². The fourth-order valence-corrected chi connectivity index (χ4v) is 5.83.